The third kappa shape index (κ3) is 7.43. The Morgan fingerprint density at radius 3 is 2.33 bits per heavy atom. The highest BCUT2D eigenvalue weighted by Crippen LogP contribution is 2.17. The van der Waals surface area contributed by atoms with Crippen molar-refractivity contribution in [1.82, 2.24) is 15.6 Å². The number of hydrogen-bond donors (Lipinski definition) is 2. The van der Waals surface area contributed by atoms with Crippen molar-refractivity contribution in [3.8, 4) is 11.6 Å². The first kappa shape index (κ1) is 20.3. The van der Waals surface area contributed by atoms with E-state index < -0.39 is 12.8 Å². The summed E-state index contributed by atoms with van der Waals surface area (Å²) in [6.07, 6.45) is -3.00. The SMILES string of the molecule is CN=C(NCc1ccc(OC)cc1)NCc1ccnc(OCC(F)(F)F)c1. The Kier molecular flexibility index (Phi) is 7.27. The molecule has 0 bridgehead atoms. The van der Waals surface area contributed by atoms with Gasteiger partial charge in [0.25, 0.3) is 0 Å². The zero-order chi connectivity index (χ0) is 19.7. The molecule has 1 aromatic heterocycles. The van der Waals surface area contributed by atoms with Gasteiger partial charge in [-0.1, -0.05) is 12.1 Å². The van der Waals surface area contributed by atoms with Crippen molar-refractivity contribution in [1.29, 1.82) is 0 Å². The van der Waals surface area contributed by atoms with Gasteiger partial charge in [-0.15, -0.1) is 0 Å². The van der Waals surface area contributed by atoms with Gasteiger partial charge in [-0.3, -0.25) is 4.99 Å². The molecular formula is C18H21F3N4O2. The minimum absolute atomic E-state index is 0.0761. The second-order valence-electron chi connectivity index (χ2n) is 5.53. The Balaban J connectivity index is 1.84. The molecule has 1 heterocycles. The van der Waals surface area contributed by atoms with E-state index in [0.29, 0.717) is 19.0 Å². The monoisotopic (exact) mass is 382 g/mol. The topological polar surface area (TPSA) is 67.8 Å². The zero-order valence-corrected chi connectivity index (χ0v) is 15.0. The van der Waals surface area contributed by atoms with Gasteiger partial charge in [-0.05, 0) is 29.3 Å². The van der Waals surface area contributed by atoms with Gasteiger partial charge in [0.2, 0.25) is 5.88 Å². The molecule has 27 heavy (non-hydrogen) atoms. The molecule has 9 heteroatoms. The molecule has 0 aliphatic carbocycles. The first-order valence-corrected chi connectivity index (χ1v) is 8.11. The molecule has 0 fully saturated rings. The Morgan fingerprint density at radius 1 is 1.07 bits per heavy atom. The van der Waals surface area contributed by atoms with E-state index in [1.54, 1.807) is 20.2 Å². The second kappa shape index (κ2) is 9.65. The van der Waals surface area contributed by atoms with E-state index >= 15 is 0 Å². The lowest BCUT2D eigenvalue weighted by Gasteiger charge is -2.13. The Bertz CT molecular complexity index is 749. The molecule has 0 saturated carbocycles. The van der Waals surface area contributed by atoms with Gasteiger partial charge in [0.15, 0.2) is 12.6 Å². The maximum Gasteiger partial charge on any atom is 0.422 e. The van der Waals surface area contributed by atoms with Crippen LogP contribution in [0.15, 0.2) is 47.6 Å². The van der Waals surface area contributed by atoms with Crippen LogP contribution in [0.5, 0.6) is 11.6 Å². The number of pyridine rings is 1. The number of benzene rings is 1. The van der Waals surface area contributed by atoms with Crippen LogP contribution in [0.1, 0.15) is 11.1 Å². The van der Waals surface area contributed by atoms with Crippen LogP contribution < -0.4 is 20.1 Å². The van der Waals surface area contributed by atoms with Crippen molar-refractivity contribution >= 4 is 5.96 Å². The fourth-order valence-electron chi connectivity index (χ4n) is 2.13. The minimum Gasteiger partial charge on any atom is -0.497 e. The number of halogens is 3. The van der Waals surface area contributed by atoms with E-state index in [2.05, 4.69) is 25.3 Å². The maximum absolute atomic E-state index is 12.2. The molecule has 2 rings (SSSR count). The third-order valence-corrected chi connectivity index (χ3v) is 3.49. The minimum atomic E-state index is -4.40. The van der Waals surface area contributed by atoms with E-state index in [-0.39, 0.29) is 5.88 Å². The fourth-order valence-corrected chi connectivity index (χ4v) is 2.13. The number of nitrogens with one attached hydrogen (secondary N) is 2. The van der Waals surface area contributed by atoms with E-state index in [1.807, 2.05) is 24.3 Å². The van der Waals surface area contributed by atoms with E-state index in [4.69, 9.17) is 4.74 Å². The first-order chi connectivity index (χ1) is 12.9. The highest BCUT2D eigenvalue weighted by Gasteiger charge is 2.28. The predicted molar refractivity (Wildman–Crippen MR) is 95.8 cm³/mol. The highest BCUT2D eigenvalue weighted by atomic mass is 19.4. The van der Waals surface area contributed by atoms with Crippen LogP contribution >= 0.6 is 0 Å². The van der Waals surface area contributed by atoms with Gasteiger partial charge in [0.1, 0.15) is 5.75 Å². The summed E-state index contributed by atoms with van der Waals surface area (Å²) in [5, 5.41) is 6.24. The number of nitrogens with zero attached hydrogens (tertiary/aromatic N) is 2. The number of rotatable bonds is 7. The fraction of sp³-hybridized carbons (Fsp3) is 0.333. The molecule has 2 N–H and O–H groups in total. The molecule has 0 saturated heterocycles. The van der Waals surface area contributed by atoms with Crippen LogP contribution in [-0.2, 0) is 13.1 Å². The van der Waals surface area contributed by atoms with E-state index in [1.165, 1.54) is 12.3 Å². The summed E-state index contributed by atoms with van der Waals surface area (Å²) in [6, 6.07) is 10.7. The van der Waals surface area contributed by atoms with E-state index in [9.17, 15) is 13.2 Å². The summed E-state index contributed by atoms with van der Waals surface area (Å²) in [5.41, 5.74) is 1.76. The van der Waals surface area contributed by atoms with Crippen LogP contribution in [0.25, 0.3) is 0 Å². The normalized spacial score (nSPS) is 11.8. The van der Waals surface area contributed by atoms with Crippen molar-refractivity contribution in [3.63, 3.8) is 0 Å². The standard InChI is InChI=1S/C18H21F3N4O2/c1-22-17(24-10-13-3-5-15(26-2)6-4-13)25-11-14-7-8-23-16(9-14)27-12-18(19,20)21/h3-9H,10-12H2,1-2H3,(H2,22,24,25). The van der Waals surface area contributed by atoms with Crippen LogP contribution in [0, 0.1) is 0 Å². The maximum atomic E-state index is 12.2. The van der Waals surface area contributed by atoms with E-state index in [0.717, 1.165) is 16.9 Å². The summed E-state index contributed by atoms with van der Waals surface area (Å²) in [6.45, 7) is -0.463. The van der Waals surface area contributed by atoms with Gasteiger partial charge in [0.05, 0.1) is 7.11 Å². The van der Waals surface area contributed by atoms with Crippen LogP contribution in [0.2, 0.25) is 0 Å². The van der Waals surface area contributed by atoms with Crippen molar-refractivity contribution in [2.45, 2.75) is 19.3 Å². The number of guanidine groups is 1. The largest absolute Gasteiger partial charge is 0.497 e. The third-order valence-electron chi connectivity index (χ3n) is 3.49. The molecule has 0 atom stereocenters. The van der Waals surface area contributed by atoms with Crippen molar-refractivity contribution in [2.75, 3.05) is 20.8 Å². The Hall–Kier alpha value is -2.97. The average molecular weight is 382 g/mol. The number of ether oxygens (including phenoxy) is 2. The molecule has 0 aliphatic rings. The molecular weight excluding hydrogens is 361 g/mol. The lowest BCUT2D eigenvalue weighted by molar-refractivity contribution is -0.154. The Morgan fingerprint density at radius 2 is 1.74 bits per heavy atom. The number of aliphatic imine (C=N–C) groups is 1. The van der Waals surface area contributed by atoms with Crippen molar-refractivity contribution < 1.29 is 22.6 Å². The summed E-state index contributed by atoms with van der Waals surface area (Å²) >= 11 is 0. The predicted octanol–water partition coefficient (Wildman–Crippen LogP) is 2.90. The highest BCUT2D eigenvalue weighted by molar-refractivity contribution is 5.79. The van der Waals surface area contributed by atoms with Crippen LogP contribution in [0.4, 0.5) is 13.2 Å². The molecule has 0 radical (unpaired) electrons. The second-order valence-corrected chi connectivity index (χ2v) is 5.53. The molecule has 0 amide bonds. The van der Waals surface area contributed by atoms with Crippen LogP contribution in [-0.4, -0.2) is 37.9 Å². The van der Waals surface area contributed by atoms with Gasteiger partial charge in [-0.25, -0.2) is 4.98 Å². The number of aromatic nitrogens is 1. The summed E-state index contributed by atoms with van der Waals surface area (Å²) in [7, 11) is 3.24. The van der Waals surface area contributed by atoms with Crippen molar-refractivity contribution in [2.24, 2.45) is 4.99 Å². The van der Waals surface area contributed by atoms with Gasteiger partial charge in [-0.2, -0.15) is 13.2 Å². The molecule has 146 valence electrons. The van der Waals surface area contributed by atoms with Crippen LogP contribution in [0.3, 0.4) is 0 Å². The van der Waals surface area contributed by atoms with Gasteiger partial charge < -0.3 is 20.1 Å². The summed E-state index contributed by atoms with van der Waals surface area (Å²) < 4.78 is 46.4. The number of alkyl halides is 3. The lowest BCUT2D eigenvalue weighted by atomic mass is 10.2. The van der Waals surface area contributed by atoms with Gasteiger partial charge in [0, 0.05) is 32.4 Å². The number of hydrogen-bond acceptors (Lipinski definition) is 4. The Labute approximate surface area is 155 Å². The van der Waals surface area contributed by atoms with Gasteiger partial charge >= 0.3 is 6.18 Å². The summed E-state index contributed by atoms with van der Waals surface area (Å²) in [4.78, 5) is 7.89. The first-order valence-electron chi connectivity index (χ1n) is 8.11. The average Bonchev–Trinajstić information content (AvgIpc) is 2.67. The van der Waals surface area contributed by atoms with Crippen molar-refractivity contribution in [3.05, 3.63) is 53.7 Å². The number of methoxy groups -OCH3 is 1. The zero-order valence-electron chi connectivity index (χ0n) is 15.0. The smallest absolute Gasteiger partial charge is 0.422 e. The molecule has 0 spiro atoms. The molecule has 2 aromatic rings. The molecule has 6 nitrogen and oxygen atoms in total. The molecule has 0 unspecified atom stereocenters. The lowest BCUT2D eigenvalue weighted by Crippen LogP contribution is -2.36. The summed E-state index contributed by atoms with van der Waals surface area (Å²) in [5.74, 6) is 1.26. The molecule has 0 aliphatic heterocycles. The quantitative estimate of drug-likeness (QED) is 0.569. The molecule has 1 aromatic carbocycles.